The highest BCUT2D eigenvalue weighted by atomic mass is 16.5. The van der Waals surface area contributed by atoms with E-state index in [4.69, 9.17) is 4.74 Å². The molecular formula is C25H23N5O3. The van der Waals surface area contributed by atoms with E-state index < -0.39 is 0 Å². The fourth-order valence-electron chi connectivity index (χ4n) is 3.53. The van der Waals surface area contributed by atoms with Gasteiger partial charge in [0, 0.05) is 28.9 Å². The number of pyridine rings is 1. The molecule has 4 aromatic rings. The van der Waals surface area contributed by atoms with Gasteiger partial charge in [0.15, 0.2) is 11.5 Å². The first-order valence-corrected chi connectivity index (χ1v) is 10.9. The van der Waals surface area contributed by atoms with Crippen molar-refractivity contribution in [2.45, 2.75) is 19.8 Å². The minimum Gasteiger partial charge on any atom is -0.494 e. The van der Waals surface area contributed by atoms with E-state index in [0.29, 0.717) is 35.0 Å². The normalized spacial score (nSPS) is 13.0. The topological polar surface area (TPSA) is 97.6 Å². The number of aromatic nitrogens is 3. The summed E-state index contributed by atoms with van der Waals surface area (Å²) >= 11 is 0. The molecule has 2 N–H and O–H groups in total. The largest absolute Gasteiger partial charge is 0.494 e. The molecule has 166 valence electrons. The van der Waals surface area contributed by atoms with Gasteiger partial charge in [-0.3, -0.25) is 14.0 Å². The molecule has 1 aliphatic carbocycles. The number of amides is 2. The predicted molar refractivity (Wildman–Crippen MR) is 125 cm³/mol. The van der Waals surface area contributed by atoms with Gasteiger partial charge < -0.3 is 15.4 Å². The van der Waals surface area contributed by atoms with Crippen LogP contribution in [-0.4, -0.2) is 33.0 Å². The number of fused-ring (bicyclic) bond motifs is 1. The summed E-state index contributed by atoms with van der Waals surface area (Å²) in [5.74, 6) is 1.36. The maximum Gasteiger partial charge on any atom is 0.255 e. The number of carbonyl (C=O) groups excluding carboxylic acids is 2. The second-order valence-electron chi connectivity index (χ2n) is 7.92. The van der Waals surface area contributed by atoms with Gasteiger partial charge >= 0.3 is 0 Å². The molecule has 2 aromatic carbocycles. The first kappa shape index (κ1) is 20.7. The zero-order valence-corrected chi connectivity index (χ0v) is 18.1. The van der Waals surface area contributed by atoms with Gasteiger partial charge in [0.05, 0.1) is 12.3 Å². The van der Waals surface area contributed by atoms with Crippen LogP contribution in [0.1, 0.15) is 30.1 Å². The quantitative estimate of drug-likeness (QED) is 0.443. The van der Waals surface area contributed by atoms with E-state index in [1.54, 1.807) is 24.3 Å². The summed E-state index contributed by atoms with van der Waals surface area (Å²) in [5.41, 5.74) is 3.40. The first-order valence-electron chi connectivity index (χ1n) is 10.9. The summed E-state index contributed by atoms with van der Waals surface area (Å²) < 4.78 is 7.25. The van der Waals surface area contributed by atoms with E-state index in [0.717, 1.165) is 24.2 Å². The number of anilines is 2. The number of benzene rings is 2. The molecule has 1 fully saturated rings. The second-order valence-corrected chi connectivity index (χ2v) is 7.92. The lowest BCUT2D eigenvalue weighted by Gasteiger charge is -2.08. The number of nitrogens with zero attached hydrogens (tertiary/aromatic N) is 3. The monoisotopic (exact) mass is 441 g/mol. The Kier molecular flexibility index (Phi) is 5.48. The maximum absolute atomic E-state index is 12.6. The second kappa shape index (κ2) is 8.74. The third-order valence-corrected chi connectivity index (χ3v) is 5.45. The molecule has 0 radical (unpaired) electrons. The third kappa shape index (κ3) is 4.55. The Bertz CT molecular complexity index is 1310. The van der Waals surface area contributed by atoms with Gasteiger partial charge in [0.25, 0.3) is 5.91 Å². The molecule has 1 aliphatic rings. The van der Waals surface area contributed by atoms with E-state index in [2.05, 4.69) is 20.8 Å². The number of hydrogen-bond donors (Lipinski definition) is 2. The number of hydrogen-bond acceptors (Lipinski definition) is 5. The first-order chi connectivity index (χ1) is 16.1. The average Bonchev–Trinajstić information content (AvgIpc) is 3.61. The van der Waals surface area contributed by atoms with Gasteiger partial charge in [-0.05, 0) is 68.3 Å². The van der Waals surface area contributed by atoms with Crippen molar-refractivity contribution in [3.63, 3.8) is 0 Å². The molecule has 2 amide bonds. The van der Waals surface area contributed by atoms with Crippen LogP contribution in [0.4, 0.5) is 11.4 Å². The fraction of sp³-hybridized carbons (Fsp3) is 0.200. The molecule has 0 unspecified atom stereocenters. The van der Waals surface area contributed by atoms with Crippen molar-refractivity contribution in [2.75, 3.05) is 17.2 Å². The molecule has 5 rings (SSSR count). The minimum absolute atomic E-state index is 0.0480. The number of carbonyl (C=O) groups is 2. The fourth-order valence-corrected chi connectivity index (χ4v) is 3.53. The molecule has 8 heteroatoms. The van der Waals surface area contributed by atoms with Crippen molar-refractivity contribution in [2.24, 2.45) is 5.92 Å². The number of ether oxygens (including phenoxy) is 1. The summed E-state index contributed by atoms with van der Waals surface area (Å²) in [6, 6.07) is 18.1. The lowest BCUT2D eigenvalue weighted by Crippen LogP contribution is -2.13. The molecule has 8 nitrogen and oxygen atoms in total. The van der Waals surface area contributed by atoms with Gasteiger partial charge in [-0.15, -0.1) is 10.2 Å². The molecule has 1 saturated carbocycles. The Morgan fingerprint density at radius 2 is 1.67 bits per heavy atom. The smallest absolute Gasteiger partial charge is 0.255 e. The summed E-state index contributed by atoms with van der Waals surface area (Å²) in [5, 5.41) is 14.3. The lowest BCUT2D eigenvalue weighted by molar-refractivity contribution is -0.117. The summed E-state index contributed by atoms with van der Waals surface area (Å²) in [6.45, 7) is 2.52. The highest BCUT2D eigenvalue weighted by molar-refractivity contribution is 6.04. The van der Waals surface area contributed by atoms with E-state index in [1.807, 2.05) is 53.9 Å². The van der Waals surface area contributed by atoms with Crippen molar-refractivity contribution in [3.8, 4) is 17.1 Å². The van der Waals surface area contributed by atoms with Gasteiger partial charge in [0.2, 0.25) is 5.91 Å². The van der Waals surface area contributed by atoms with Gasteiger partial charge in [-0.2, -0.15) is 0 Å². The SMILES string of the molecule is CCOc1ccc(NC(=O)c2ccc(-c3nnc4ccc(NC(=O)C5CC5)cn34)cc2)cc1. The van der Waals surface area contributed by atoms with Crippen LogP contribution >= 0.6 is 0 Å². The Labute approximate surface area is 190 Å². The van der Waals surface area contributed by atoms with Crippen molar-refractivity contribution in [1.82, 2.24) is 14.6 Å². The predicted octanol–water partition coefficient (Wildman–Crippen LogP) is 4.40. The summed E-state index contributed by atoms with van der Waals surface area (Å²) in [6.07, 6.45) is 3.71. The van der Waals surface area contributed by atoms with Crippen LogP contribution in [0.3, 0.4) is 0 Å². The van der Waals surface area contributed by atoms with E-state index in [9.17, 15) is 9.59 Å². The summed E-state index contributed by atoms with van der Waals surface area (Å²) in [7, 11) is 0. The molecule has 0 saturated heterocycles. The molecular weight excluding hydrogens is 418 g/mol. The Hall–Kier alpha value is -4.20. The van der Waals surface area contributed by atoms with E-state index in [-0.39, 0.29) is 17.7 Å². The minimum atomic E-state index is -0.207. The third-order valence-electron chi connectivity index (χ3n) is 5.45. The van der Waals surface area contributed by atoms with Crippen LogP contribution < -0.4 is 15.4 Å². The standard InChI is InChI=1S/C25H23N5O3/c1-2-33-21-12-9-19(10-13-21)26-24(31)17-5-3-16(4-6-17)23-29-28-22-14-11-20(15-30(22)23)27-25(32)18-7-8-18/h3-6,9-15,18H,2,7-8H2,1H3,(H,26,31)(H,27,32). The van der Waals surface area contributed by atoms with Crippen LogP contribution in [0.5, 0.6) is 5.75 Å². The molecule has 0 atom stereocenters. The molecule has 33 heavy (non-hydrogen) atoms. The highest BCUT2D eigenvalue weighted by Crippen LogP contribution is 2.30. The zero-order chi connectivity index (χ0) is 22.8. The van der Waals surface area contributed by atoms with E-state index in [1.165, 1.54) is 0 Å². The maximum atomic E-state index is 12.6. The molecule has 0 spiro atoms. The molecule has 2 heterocycles. The van der Waals surface area contributed by atoms with Crippen molar-refractivity contribution in [3.05, 3.63) is 72.4 Å². The van der Waals surface area contributed by atoms with Crippen LogP contribution in [-0.2, 0) is 4.79 Å². The van der Waals surface area contributed by atoms with Gasteiger partial charge in [-0.25, -0.2) is 0 Å². The van der Waals surface area contributed by atoms with Crippen LogP contribution in [0.25, 0.3) is 17.0 Å². The number of rotatable bonds is 7. The Balaban J connectivity index is 1.32. The van der Waals surface area contributed by atoms with Gasteiger partial charge in [-0.1, -0.05) is 12.1 Å². The highest BCUT2D eigenvalue weighted by Gasteiger charge is 2.29. The molecule has 2 aromatic heterocycles. The number of nitrogens with one attached hydrogen (secondary N) is 2. The Morgan fingerprint density at radius 3 is 2.36 bits per heavy atom. The molecule has 0 aliphatic heterocycles. The lowest BCUT2D eigenvalue weighted by atomic mass is 10.1. The van der Waals surface area contributed by atoms with Crippen molar-refractivity contribution in [1.29, 1.82) is 0 Å². The van der Waals surface area contributed by atoms with Gasteiger partial charge in [0.1, 0.15) is 5.75 Å². The van der Waals surface area contributed by atoms with Crippen LogP contribution in [0.2, 0.25) is 0 Å². The molecule has 0 bridgehead atoms. The van der Waals surface area contributed by atoms with E-state index >= 15 is 0 Å². The van der Waals surface area contributed by atoms with Crippen molar-refractivity contribution >= 4 is 28.8 Å². The van der Waals surface area contributed by atoms with Crippen LogP contribution in [0.15, 0.2) is 66.9 Å². The summed E-state index contributed by atoms with van der Waals surface area (Å²) in [4.78, 5) is 24.7. The Morgan fingerprint density at radius 1 is 0.939 bits per heavy atom. The van der Waals surface area contributed by atoms with Crippen molar-refractivity contribution < 1.29 is 14.3 Å². The van der Waals surface area contributed by atoms with Crippen LogP contribution in [0, 0.1) is 5.92 Å². The average molecular weight is 441 g/mol. The zero-order valence-electron chi connectivity index (χ0n) is 18.1.